The molecule has 1 aromatic heterocycles. The molecule has 1 aromatic rings. The van der Waals surface area contributed by atoms with E-state index >= 15 is 0 Å². The molecule has 1 nitrogen and oxygen atoms in total. The van der Waals surface area contributed by atoms with E-state index in [1.807, 2.05) is 6.07 Å². The van der Waals surface area contributed by atoms with Gasteiger partial charge >= 0.3 is 0 Å². The fourth-order valence-electron chi connectivity index (χ4n) is 1.44. The fourth-order valence-corrected chi connectivity index (χ4v) is 2.61. The van der Waals surface area contributed by atoms with Crippen molar-refractivity contribution in [2.24, 2.45) is 0 Å². The van der Waals surface area contributed by atoms with Gasteiger partial charge in [0.15, 0.2) is 0 Å². The van der Waals surface area contributed by atoms with Crippen LogP contribution in [0, 0.1) is 0 Å². The van der Waals surface area contributed by atoms with Gasteiger partial charge in [-0.05, 0) is 31.5 Å². The second kappa shape index (κ2) is 4.47. The van der Waals surface area contributed by atoms with E-state index in [1.165, 1.54) is 17.7 Å². The highest BCUT2D eigenvalue weighted by molar-refractivity contribution is 7.16. The van der Waals surface area contributed by atoms with Gasteiger partial charge in [0.25, 0.3) is 0 Å². The summed E-state index contributed by atoms with van der Waals surface area (Å²) >= 11 is 7.52. The van der Waals surface area contributed by atoms with Crippen LogP contribution in [-0.2, 0) is 0 Å². The molecule has 4 heteroatoms. The summed E-state index contributed by atoms with van der Waals surface area (Å²) in [4.78, 5) is 1.38. The first-order chi connectivity index (χ1) is 5.36. The molecule has 0 saturated carbocycles. The van der Waals surface area contributed by atoms with E-state index in [9.17, 15) is 0 Å². The summed E-state index contributed by atoms with van der Waals surface area (Å²) < 4.78 is 0.897. The zero-order valence-corrected chi connectivity index (χ0v) is 8.94. The van der Waals surface area contributed by atoms with Gasteiger partial charge in [0, 0.05) is 10.9 Å². The van der Waals surface area contributed by atoms with Gasteiger partial charge in [-0.3, -0.25) is 0 Å². The van der Waals surface area contributed by atoms with Gasteiger partial charge in [-0.15, -0.1) is 23.7 Å². The van der Waals surface area contributed by atoms with E-state index in [4.69, 9.17) is 11.6 Å². The maximum atomic E-state index is 5.83. The van der Waals surface area contributed by atoms with Crippen molar-refractivity contribution in [2.45, 2.75) is 18.9 Å². The topological polar surface area (TPSA) is 12.0 Å². The highest BCUT2D eigenvalue weighted by atomic mass is 35.5. The van der Waals surface area contributed by atoms with E-state index in [0.29, 0.717) is 6.04 Å². The van der Waals surface area contributed by atoms with Crippen molar-refractivity contribution < 1.29 is 0 Å². The Morgan fingerprint density at radius 3 is 2.83 bits per heavy atom. The van der Waals surface area contributed by atoms with Crippen LogP contribution in [-0.4, -0.2) is 6.54 Å². The molecule has 1 aliphatic heterocycles. The molecule has 0 amide bonds. The largest absolute Gasteiger partial charge is 0.309 e. The van der Waals surface area contributed by atoms with E-state index < -0.39 is 0 Å². The smallest absolute Gasteiger partial charge is 0.0931 e. The zero-order valence-electron chi connectivity index (χ0n) is 6.55. The highest BCUT2D eigenvalue weighted by Gasteiger charge is 2.17. The molecule has 0 bridgehead atoms. The molecule has 0 spiro atoms. The van der Waals surface area contributed by atoms with Gasteiger partial charge in [-0.25, -0.2) is 0 Å². The Morgan fingerprint density at radius 2 is 2.33 bits per heavy atom. The van der Waals surface area contributed by atoms with Gasteiger partial charge in [0.1, 0.15) is 0 Å². The molecular weight excluding hydrogens is 213 g/mol. The second-order valence-corrected chi connectivity index (χ2v) is 4.54. The van der Waals surface area contributed by atoms with Crippen molar-refractivity contribution in [3.63, 3.8) is 0 Å². The van der Waals surface area contributed by atoms with Gasteiger partial charge < -0.3 is 5.32 Å². The van der Waals surface area contributed by atoms with Crippen molar-refractivity contribution in [3.8, 4) is 0 Å². The molecule has 12 heavy (non-hydrogen) atoms. The van der Waals surface area contributed by atoms with Crippen molar-refractivity contribution in [2.75, 3.05) is 6.54 Å². The number of thiophene rings is 1. The third-order valence-corrected chi connectivity index (χ3v) is 3.34. The lowest BCUT2D eigenvalue weighted by molar-refractivity contribution is 0.660. The molecule has 0 radical (unpaired) electrons. The van der Waals surface area contributed by atoms with Crippen LogP contribution in [0.2, 0.25) is 4.34 Å². The average molecular weight is 224 g/mol. The molecule has 68 valence electrons. The van der Waals surface area contributed by atoms with Crippen LogP contribution in [0.1, 0.15) is 23.8 Å². The maximum Gasteiger partial charge on any atom is 0.0931 e. The van der Waals surface area contributed by atoms with Gasteiger partial charge in [-0.1, -0.05) is 11.6 Å². The van der Waals surface area contributed by atoms with Gasteiger partial charge in [0.2, 0.25) is 0 Å². The Labute approximate surface area is 87.5 Å². The van der Waals surface area contributed by atoms with E-state index in [0.717, 1.165) is 10.9 Å². The predicted molar refractivity (Wildman–Crippen MR) is 56.6 cm³/mol. The molecule has 0 unspecified atom stereocenters. The summed E-state index contributed by atoms with van der Waals surface area (Å²) in [6.45, 7) is 1.15. The Hall–Kier alpha value is 0.240. The summed E-state index contributed by atoms with van der Waals surface area (Å²) in [6, 6.07) is 4.67. The van der Waals surface area contributed by atoms with Crippen LogP contribution < -0.4 is 5.32 Å². The van der Waals surface area contributed by atoms with Crippen molar-refractivity contribution in [1.82, 2.24) is 5.32 Å². The van der Waals surface area contributed by atoms with Gasteiger partial charge in [0.05, 0.1) is 4.34 Å². The summed E-state index contributed by atoms with van der Waals surface area (Å²) in [5.74, 6) is 0. The lowest BCUT2D eigenvalue weighted by Gasteiger charge is -2.05. The number of hydrogen-bond donors (Lipinski definition) is 1. The van der Waals surface area contributed by atoms with E-state index in [1.54, 1.807) is 11.3 Å². The zero-order chi connectivity index (χ0) is 7.68. The number of rotatable bonds is 1. The minimum absolute atomic E-state index is 0. The summed E-state index contributed by atoms with van der Waals surface area (Å²) in [7, 11) is 0. The van der Waals surface area contributed by atoms with Crippen LogP contribution >= 0.6 is 35.3 Å². The normalized spacial score (nSPS) is 22.2. The molecule has 1 N–H and O–H groups in total. The fraction of sp³-hybridized carbons (Fsp3) is 0.500. The molecule has 0 aromatic carbocycles. The van der Waals surface area contributed by atoms with Crippen LogP contribution in [0.15, 0.2) is 12.1 Å². The second-order valence-electron chi connectivity index (χ2n) is 2.79. The lowest BCUT2D eigenvalue weighted by Crippen LogP contribution is -2.11. The van der Waals surface area contributed by atoms with Crippen LogP contribution in [0.3, 0.4) is 0 Å². The highest BCUT2D eigenvalue weighted by Crippen LogP contribution is 2.31. The SMILES string of the molecule is Cl.Clc1ccc([C@H]2CCCN2)s1. The molecule has 0 aliphatic carbocycles. The number of hydrogen-bond acceptors (Lipinski definition) is 2. The molecular formula is C8H11Cl2NS. The molecule has 2 heterocycles. The van der Waals surface area contributed by atoms with Crippen LogP contribution in [0.5, 0.6) is 0 Å². The Bertz CT molecular complexity index is 243. The standard InChI is InChI=1S/C8H10ClNS.ClH/c9-8-4-3-7(11-8)6-2-1-5-10-6;/h3-4,6,10H,1-2,5H2;1H/t6-;/m1./s1. The Kier molecular flexibility index (Phi) is 3.84. The molecule has 1 saturated heterocycles. The minimum Gasteiger partial charge on any atom is -0.309 e. The average Bonchev–Trinajstić information content (AvgIpc) is 2.55. The molecule has 1 aliphatic rings. The third-order valence-electron chi connectivity index (χ3n) is 2.00. The van der Waals surface area contributed by atoms with Gasteiger partial charge in [-0.2, -0.15) is 0 Å². The van der Waals surface area contributed by atoms with Crippen molar-refractivity contribution in [1.29, 1.82) is 0 Å². The molecule has 1 fully saturated rings. The minimum atomic E-state index is 0. The predicted octanol–water partition coefficient (Wildman–Crippen LogP) is 3.25. The van der Waals surface area contributed by atoms with E-state index in [-0.39, 0.29) is 12.4 Å². The Morgan fingerprint density at radius 1 is 1.50 bits per heavy atom. The summed E-state index contributed by atoms with van der Waals surface area (Å²) in [5.41, 5.74) is 0. The van der Waals surface area contributed by atoms with Crippen molar-refractivity contribution in [3.05, 3.63) is 21.3 Å². The van der Waals surface area contributed by atoms with Crippen molar-refractivity contribution >= 4 is 35.3 Å². The quantitative estimate of drug-likeness (QED) is 0.772. The molecule has 2 rings (SSSR count). The first-order valence-electron chi connectivity index (χ1n) is 3.85. The maximum absolute atomic E-state index is 5.83. The first kappa shape index (κ1) is 10.3. The lowest BCUT2D eigenvalue weighted by atomic mass is 10.2. The Balaban J connectivity index is 0.000000720. The summed E-state index contributed by atoms with van der Waals surface area (Å²) in [5, 5.41) is 3.44. The van der Waals surface area contributed by atoms with Crippen LogP contribution in [0.25, 0.3) is 0 Å². The first-order valence-corrected chi connectivity index (χ1v) is 5.04. The summed E-state index contributed by atoms with van der Waals surface area (Å²) in [6.07, 6.45) is 2.55. The monoisotopic (exact) mass is 223 g/mol. The number of halogens is 2. The van der Waals surface area contributed by atoms with E-state index in [2.05, 4.69) is 11.4 Å². The number of nitrogens with one attached hydrogen (secondary N) is 1. The third kappa shape index (κ3) is 2.13. The van der Waals surface area contributed by atoms with Crippen LogP contribution in [0.4, 0.5) is 0 Å². The molecule has 1 atom stereocenters.